The molecule has 0 radical (unpaired) electrons. The number of hydrogen-bond donors (Lipinski definition) is 1. The summed E-state index contributed by atoms with van der Waals surface area (Å²) in [7, 11) is 1.34. The van der Waals surface area contributed by atoms with E-state index in [9.17, 15) is 9.59 Å². The van der Waals surface area contributed by atoms with Gasteiger partial charge in [0.2, 0.25) is 0 Å². The third kappa shape index (κ3) is 3.72. The molecule has 0 aromatic carbocycles. The molecular weight excluding hydrogens is 286 g/mol. The number of carbonyl (C=O) groups is 2. The van der Waals surface area contributed by atoms with Crippen LogP contribution in [0.4, 0.5) is 4.79 Å². The van der Waals surface area contributed by atoms with Gasteiger partial charge in [-0.25, -0.2) is 9.59 Å². The number of fused-ring (bicyclic) bond motifs is 1. The van der Waals surface area contributed by atoms with E-state index in [0.717, 1.165) is 25.7 Å². The summed E-state index contributed by atoms with van der Waals surface area (Å²) in [5.41, 5.74) is 0. The van der Waals surface area contributed by atoms with Crippen molar-refractivity contribution in [3.05, 3.63) is 0 Å². The molecule has 6 heteroatoms. The van der Waals surface area contributed by atoms with Crippen molar-refractivity contribution in [2.24, 2.45) is 17.8 Å². The standard InChI is InChI=1S/C16H27NO5/c1-3-22-15(19)14-9-13-8-11(6-7-18)4-5-12(13)10-17(14)16(20)21-2/h11-14,18H,3-10H2,1-2H3/t11?,12-,13+,14-/m0/s1. The molecular formula is C16H27NO5. The highest BCUT2D eigenvalue weighted by Gasteiger charge is 2.44. The molecule has 1 N–H and O–H groups in total. The van der Waals surface area contributed by atoms with Crippen LogP contribution in [-0.2, 0) is 14.3 Å². The van der Waals surface area contributed by atoms with Crippen LogP contribution in [0.3, 0.4) is 0 Å². The Morgan fingerprint density at radius 1 is 1.23 bits per heavy atom. The molecule has 2 aliphatic rings. The van der Waals surface area contributed by atoms with E-state index >= 15 is 0 Å². The molecule has 0 spiro atoms. The minimum absolute atomic E-state index is 0.220. The number of likely N-dealkylation sites (tertiary alicyclic amines) is 1. The average Bonchev–Trinajstić information content (AvgIpc) is 2.53. The van der Waals surface area contributed by atoms with Crippen LogP contribution in [0.1, 0.15) is 39.0 Å². The second-order valence-electron chi connectivity index (χ2n) is 6.34. The molecule has 0 aromatic rings. The molecule has 0 bridgehead atoms. The highest BCUT2D eigenvalue weighted by atomic mass is 16.6. The molecule has 4 atom stereocenters. The van der Waals surface area contributed by atoms with Gasteiger partial charge in [0.15, 0.2) is 0 Å². The van der Waals surface area contributed by atoms with Crippen LogP contribution in [0, 0.1) is 17.8 Å². The van der Waals surface area contributed by atoms with Gasteiger partial charge in [-0.15, -0.1) is 0 Å². The Balaban J connectivity index is 2.08. The van der Waals surface area contributed by atoms with Gasteiger partial charge in [-0.3, -0.25) is 4.90 Å². The quantitative estimate of drug-likeness (QED) is 0.801. The largest absolute Gasteiger partial charge is 0.464 e. The van der Waals surface area contributed by atoms with Crippen molar-refractivity contribution < 1.29 is 24.2 Å². The third-order valence-corrected chi connectivity index (χ3v) is 5.09. The lowest BCUT2D eigenvalue weighted by atomic mass is 9.68. The van der Waals surface area contributed by atoms with Crippen molar-refractivity contribution in [1.29, 1.82) is 0 Å². The topological polar surface area (TPSA) is 76.1 Å². The zero-order valence-corrected chi connectivity index (χ0v) is 13.5. The molecule has 1 unspecified atom stereocenters. The van der Waals surface area contributed by atoms with Crippen molar-refractivity contribution >= 4 is 12.1 Å². The molecule has 6 nitrogen and oxygen atoms in total. The van der Waals surface area contributed by atoms with Gasteiger partial charge in [-0.2, -0.15) is 0 Å². The van der Waals surface area contributed by atoms with E-state index in [1.807, 2.05) is 0 Å². The number of hydrogen-bond acceptors (Lipinski definition) is 5. The lowest BCUT2D eigenvalue weighted by Crippen LogP contribution is -2.55. The van der Waals surface area contributed by atoms with E-state index in [4.69, 9.17) is 14.6 Å². The smallest absolute Gasteiger partial charge is 0.410 e. The SMILES string of the molecule is CCOC(=O)[C@@H]1C[C@H]2CC(CCO)CC[C@H]2CN1C(=O)OC. The first-order valence-electron chi connectivity index (χ1n) is 8.22. The van der Waals surface area contributed by atoms with Gasteiger partial charge in [0.1, 0.15) is 6.04 Å². The molecule has 1 aliphatic carbocycles. The highest BCUT2D eigenvalue weighted by molar-refractivity contribution is 5.81. The maximum absolute atomic E-state index is 12.2. The molecule has 1 aliphatic heterocycles. The van der Waals surface area contributed by atoms with Gasteiger partial charge < -0.3 is 14.6 Å². The summed E-state index contributed by atoms with van der Waals surface area (Å²) in [6.07, 6.45) is 4.16. The van der Waals surface area contributed by atoms with Crippen LogP contribution in [0.15, 0.2) is 0 Å². The van der Waals surface area contributed by atoms with Crippen LogP contribution < -0.4 is 0 Å². The fourth-order valence-electron chi connectivity index (χ4n) is 3.97. The normalized spacial score (nSPS) is 31.3. The fourth-order valence-corrected chi connectivity index (χ4v) is 3.97. The summed E-state index contributed by atoms with van der Waals surface area (Å²) < 4.78 is 9.97. The number of esters is 1. The van der Waals surface area contributed by atoms with E-state index in [0.29, 0.717) is 37.3 Å². The number of rotatable bonds is 4. The monoisotopic (exact) mass is 313 g/mol. The first-order chi connectivity index (χ1) is 10.6. The van der Waals surface area contributed by atoms with E-state index in [1.54, 1.807) is 6.92 Å². The Bertz CT molecular complexity index is 400. The minimum atomic E-state index is -0.540. The van der Waals surface area contributed by atoms with Gasteiger partial charge >= 0.3 is 12.1 Å². The fraction of sp³-hybridized carbons (Fsp3) is 0.875. The third-order valence-electron chi connectivity index (χ3n) is 5.09. The molecule has 1 amide bonds. The van der Waals surface area contributed by atoms with Gasteiger partial charge in [0, 0.05) is 13.2 Å². The number of piperidine rings is 1. The van der Waals surface area contributed by atoms with Gasteiger partial charge in [0.25, 0.3) is 0 Å². The predicted octanol–water partition coefficient (Wildman–Crippen LogP) is 1.81. The van der Waals surface area contributed by atoms with Crippen LogP contribution >= 0.6 is 0 Å². The molecule has 0 aromatic heterocycles. The van der Waals surface area contributed by atoms with E-state index in [2.05, 4.69) is 0 Å². The van der Waals surface area contributed by atoms with Gasteiger partial charge in [-0.1, -0.05) is 6.42 Å². The molecule has 1 saturated carbocycles. The van der Waals surface area contributed by atoms with Crippen LogP contribution in [0.25, 0.3) is 0 Å². The second kappa shape index (κ2) is 7.81. The number of amides is 1. The minimum Gasteiger partial charge on any atom is -0.464 e. The Morgan fingerprint density at radius 2 is 2.00 bits per heavy atom. The number of aliphatic hydroxyl groups is 1. The first-order valence-corrected chi connectivity index (χ1v) is 8.22. The number of aliphatic hydroxyl groups excluding tert-OH is 1. The number of ether oxygens (including phenoxy) is 2. The van der Waals surface area contributed by atoms with Crippen molar-refractivity contribution in [2.75, 3.05) is 26.9 Å². The van der Waals surface area contributed by atoms with E-state index < -0.39 is 12.1 Å². The molecule has 1 saturated heterocycles. The van der Waals surface area contributed by atoms with Gasteiger partial charge in [0.05, 0.1) is 13.7 Å². The maximum Gasteiger partial charge on any atom is 0.410 e. The van der Waals surface area contributed by atoms with Crippen molar-refractivity contribution in [2.45, 2.75) is 45.1 Å². The summed E-state index contributed by atoms with van der Waals surface area (Å²) in [4.78, 5) is 25.7. The van der Waals surface area contributed by atoms with Crippen LogP contribution in [-0.4, -0.2) is 55.0 Å². The zero-order valence-electron chi connectivity index (χ0n) is 13.5. The molecule has 2 rings (SSSR count). The molecule has 2 fully saturated rings. The molecule has 22 heavy (non-hydrogen) atoms. The maximum atomic E-state index is 12.2. The summed E-state index contributed by atoms with van der Waals surface area (Å²) in [6, 6.07) is -0.540. The lowest BCUT2D eigenvalue weighted by molar-refractivity contribution is -0.152. The van der Waals surface area contributed by atoms with Crippen molar-refractivity contribution in [3.63, 3.8) is 0 Å². The van der Waals surface area contributed by atoms with Crippen LogP contribution in [0.5, 0.6) is 0 Å². The van der Waals surface area contributed by atoms with E-state index in [1.165, 1.54) is 12.0 Å². The molecule has 126 valence electrons. The number of nitrogens with zero attached hydrogens (tertiary/aromatic N) is 1. The average molecular weight is 313 g/mol. The lowest BCUT2D eigenvalue weighted by Gasteiger charge is -2.46. The number of carbonyl (C=O) groups excluding carboxylic acids is 2. The second-order valence-corrected chi connectivity index (χ2v) is 6.34. The summed E-state index contributed by atoms with van der Waals surface area (Å²) in [5.74, 6) is 1.02. The summed E-state index contributed by atoms with van der Waals surface area (Å²) in [5, 5.41) is 9.13. The first kappa shape index (κ1) is 17.1. The highest BCUT2D eigenvalue weighted by Crippen LogP contribution is 2.42. The molecule has 1 heterocycles. The Kier molecular flexibility index (Phi) is 6.06. The van der Waals surface area contributed by atoms with E-state index in [-0.39, 0.29) is 12.6 Å². The predicted molar refractivity (Wildman–Crippen MR) is 80.2 cm³/mol. The van der Waals surface area contributed by atoms with Crippen LogP contribution in [0.2, 0.25) is 0 Å². The van der Waals surface area contributed by atoms with Crippen molar-refractivity contribution in [1.82, 2.24) is 4.90 Å². The van der Waals surface area contributed by atoms with Gasteiger partial charge in [-0.05, 0) is 50.4 Å². The number of methoxy groups -OCH3 is 1. The Hall–Kier alpha value is -1.30. The summed E-state index contributed by atoms with van der Waals surface area (Å²) in [6.45, 7) is 2.86. The Labute approximate surface area is 131 Å². The Morgan fingerprint density at radius 3 is 2.64 bits per heavy atom. The van der Waals surface area contributed by atoms with Crippen molar-refractivity contribution in [3.8, 4) is 0 Å². The summed E-state index contributed by atoms with van der Waals surface area (Å²) >= 11 is 0. The zero-order chi connectivity index (χ0) is 16.1.